The lowest BCUT2D eigenvalue weighted by Gasteiger charge is -2.05. The predicted octanol–water partition coefficient (Wildman–Crippen LogP) is 2.43. The van der Waals surface area contributed by atoms with Gasteiger partial charge in [0.2, 0.25) is 0 Å². The number of methoxy groups -OCH3 is 1. The van der Waals surface area contributed by atoms with E-state index < -0.39 is 0 Å². The number of carbonyl (C=O) groups is 1. The Labute approximate surface area is 83.2 Å². The Kier molecular flexibility index (Phi) is 2.12. The Balaban J connectivity index is 2.54. The molecule has 0 radical (unpaired) electrons. The lowest BCUT2D eigenvalue weighted by Crippen LogP contribution is -2.04. The summed E-state index contributed by atoms with van der Waals surface area (Å²) in [6.07, 6.45) is 1.85. The van der Waals surface area contributed by atoms with Gasteiger partial charge in [-0.25, -0.2) is 4.79 Å². The third-order valence-electron chi connectivity index (χ3n) is 2.64. The number of allylic oxidation sites excluding steroid dienone is 1. The van der Waals surface area contributed by atoms with Crippen LogP contribution >= 0.6 is 0 Å². The summed E-state index contributed by atoms with van der Waals surface area (Å²) in [6.45, 7) is 3.97. The fraction of sp³-hybridized carbons (Fsp3) is 0.250. The van der Waals surface area contributed by atoms with Gasteiger partial charge in [0.15, 0.2) is 0 Å². The van der Waals surface area contributed by atoms with Crippen LogP contribution < -0.4 is 0 Å². The van der Waals surface area contributed by atoms with E-state index in [4.69, 9.17) is 4.74 Å². The Hall–Kier alpha value is -1.57. The normalized spacial score (nSPS) is 13.9. The first-order valence-corrected chi connectivity index (χ1v) is 4.62. The van der Waals surface area contributed by atoms with E-state index in [-0.39, 0.29) is 5.97 Å². The van der Waals surface area contributed by atoms with Crippen LogP contribution in [-0.2, 0) is 11.2 Å². The van der Waals surface area contributed by atoms with Crippen molar-refractivity contribution in [3.63, 3.8) is 0 Å². The van der Waals surface area contributed by atoms with Gasteiger partial charge in [-0.3, -0.25) is 0 Å². The van der Waals surface area contributed by atoms with Gasteiger partial charge < -0.3 is 4.74 Å². The summed E-state index contributed by atoms with van der Waals surface area (Å²) in [4.78, 5) is 11.4. The van der Waals surface area contributed by atoms with Crippen LogP contribution in [0.1, 0.15) is 27.9 Å². The first-order chi connectivity index (χ1) is 6.74. The van der Waals surface area contributed by atoms with Crippen molar-refractivity contribution in [3.05, 3.63) is 41.5 Å². The van der Waals surface area contributed by atoms with Crippen LogP contribution in [0.15, 0.2) is 24.8 Å². The molecule has 1 aromatic rings. The zero-order valence-electron chi connectivity index (χ0n) is 8.17. The maximum Gasteiger partial charge on any atom is 0.338 e. The van der Waals surface area contributed by atoms with Crippen molar-refractivity contribution in [2.75, 3.05) is 7.11 Å². The number of benzene rings is 1. The molecule has 0 bridgehead atoms. The first kappa shape index (κ1) is 9.00. The molecule has 0 spiro atoms. The van der Waals surface area contributed by atoms with Crippen LogP contribution in [0, 0.1) is 0 Å². The summed E-state index contributed by atoms with van der Waals surface area (Å²) in [5.41, 5.74) is 4.01. The van der Waals surface area contributed by atoms with Crippen molar-refractivity contribution >= 4 is 11.5 Å². The van der Waals surface area contributed by atoms with Crippen molar-refractivity contribution in [2.45, 2.75) is 12.8 Å². The molecule has 0 unspecified atom stereocenters. The van der Waals surface area contributed by atoms with Gasteiger partial charge in [-0.2, -0.15) is 0 Å². The molecule has 0 aromatic heterocycles. The highest BCUT2D eigenvalue weighted by Crippen LogP contribution is 2.32. The molecule has 0 fully saturated rings. The molecule has 0 heterocycles. The summed E-state index contributed by atoms with van der Waals surface area (Å²) < 4.78 is 4.73. The number of ether oxygens (including phenoxy) is 1. The molecule has 1 aliphatic rings. The molecule has 0 atom stereocenters. The summed E-state index contributed by atoms with van der Waals surface area (Å²) in [5, 5.41) is 0. The molecule has 1 aromatic carbocycles. The second-order valence-corrected chi connectivity index (χ2v) is 3.43. The maximum atomic E-state index is 11.4. The molecule has 2 rings (SSSR count). The average Bonchev–Trinajstić information content (AvgIpc) is 2.59. The van der Waals surface area contributed by atoms with Gasteiger partial charge in [0.05, 0.1) is 12.7 Å². The summed E-state index contributed by atoms with van der Waals surface area (Å²) in [6, 6.07) is 5.70. The highest BCUT2D eigenvalue weighted by Gasteiger charge is 2.20. The smallest absolute Gasteiger partial charge is 0.338 e. The summed E-state index contributed by atoms with van der Waals surface area (Å²) >= 11 is 0. The Bertz CT molecular complexity index is 405. The minimum atomic E-state index is -0.253. The number of hydrogen-bond acceptors (Lipinski definition) is 2. The molecule has 0 saturated heterocycles. The van der Waals surface area contributed by atoms with E-state index in [1.165, 1.54) is 7.11 Å². The molecule has 0 amide bonds. The Morgan fingerprint density at radius 3 is 2.93 bits per heavy atom. The number of carbonyl (C=O) groups excluding carboxylic acids is 1. The quantitative estimate of drug-likeness (QED) is 0.633. The zero-order valence-corrected chi connectivity index (χ0v) is 8.17. The number of esters is 1. The van der Waals surface area contributed by atoms with E-state index in [1.807, 2.05) is 18.2 Å². The SMILES string of the molecule is C=C1CCc2c1cccc2C(=O)OC. The Morgan fingerprint density at radius 2 is 2.21 bits per heavy atom. The van der Waals surface area contributed by atoms with Gasteiger partial charge in [0.25, 0.3) is 0 Å². The lowest BCUT2D eigenvalue weighted by molar-refractivity contribution is 0.0599. The van der Waals surface area contributed by atoms with Gasteiger partial charge in [0.1, 0.15) is 0 Å². The molecular formula is C12H12O2. The molecule has 0 saturated carbocycles. The lowest BCUT2D eigenvalue weighted by atomic mass is 10.0. The van der Waals surface area contributed by atoms with E-state index in [9.17, 15) is 4.79 Å². The molecule has 2 heteroatoms. The molecular weight excluding hydrogens is 176 g/mol. The average molecular weight is 188 g/mol. The highest BCUT2D eigenvalue weighted by molar-refractivity contribution is 5.93. The standard InChI is InChI=1S/C12H12O2/c1-8-6-7-10-9(8)4-3-5-11(10)12(13)14-2/h3-5H,1,6-7H2,2H3. The van der Waals surface area contributed by atoms with Crippen LogP contribution in [0.5, 0.6) is 0 Å². The van der Waals surface area contributed by atoms with Gasteiger partial charge in [-0.1, -0.05) is 18.7 Å². The minimum Gasteiger partial charge on any atom is -0.465 e. The van der Waals surface area contributed by atoms with Crippen molar-refractivity contribution in [3.8, 4) is 0 Å². The molecule has 1 aliphatic carbocycles. The number of fused-ring (bicyclic) bond motifs is 1. The van der Waals surface area contributed by atoms with Crippen LogP contribution in [-0.4, -0.2) is 13.1 Å². The predicted molar refractivity (Wildman–Crippen MR) is 55.1 cm³/mol. The highest BCUT2D eigenvalue weighted by atomic mass is 16.5. The molecule has 2 nitrogen and oxygen atoms in total. The number of rotatable bonds is 1. The largest absolute Gasteiger partial charge is 0.465 e. The molecule has 14 heavy (non-hydrogen) atoms. The fourth-order valence-electron chi connectivity index (χ4n) is 1.90. The second-order valence-electron chi connectivity index (χ2n) is 3.43. The van der Waals surface area contributed by atoms with Gasteiger partial charge >= 0.3 is 5.97 Å². The van der Waals surface area contributed by atoms with E-state index in [0.29, 0.717) is 5.56 Å². The first-order valence-electron chi connectivity index (χ1n) is 4.62. The van der Waals surface area contributed by atoms with Gasteiger partial charge in [-0.05, 0) is 35.6 Å². The second kappa shape index (κ2) is 3.29. The van der Waals surface area contributed by atoms with Crippen molar-refractivity contribution in [1.82, 2.24) is 0 Å². The zero-order chi connectivity index (χ0) is 10.1. The molecule has 72 valence electrons. The van der Waals surface area contributed by atoms with Crippen LogP contribution in [0.3, 0.4) is 0 Å². The fourth-order valence-corrected chi connectivity index (χ4v) is 1.90. The Morgan fingerprint density at radius 1 is 1.43 bits per heavy atom. The molecule has 0 aliphatic heterocycles. The van der Waals surface area contributed by atoms with E-state index in [1.54, 1.807) is 0 Å². The van der Waals surface area contributed by atoms with Crippen molar-refractivity contribution < 1.29 is 9.53 Å². The third kappa shape index (κ3) is 1.23. The minimum absolute atomic E-state index is 0.253. The van der Waals surface area contributed by atoms with E-state index in [2.05, 4.69) is 6.58 Å². The monoisotopic (exact) mass is 188 g/mol. The number of hydrogen-bond donors (Lipinski definition) is 0. The van der Waals surface area contributed by atoms with Gasteiger partial charge in [0, 0.05) is 0 Å². The van der Waals surface area contributed by atoms with E-state index >= 15 is 0 Å². The van der Waals surface area contributed by atoms with Crippen LogP contribution in [0.4, 0.5) is 0 Å². The topological polar surface area (TPSA) is 26.3 Å². The van der Waals surface area contributed by atoms with Crippen molar-refractivity contribution in [1.29, 1.82) is 0 Å². The summed E-state index contributed by atoms with van der Waals surface area (Å²) in [5.74, 6) is -0.253. The van der Waals surface area contributed by atoms with Crippen LogP contribution in [0.25, 0.3) is 5.57 Å². The van der Waals surface area contributed by atoms with Crippen molar-refractivity contribution in [2.24, 2.45) is 0 Å². The third-order valence-corrected chi connectivity index (χ3v) is 2.64. The van der Waals surface area contributed by atoms with Crippen LogP contribution in [0.2, 0.25) is 0 Å². The maximum absolute atomic E-state index is 11.4. The van der Waals surface area contributed by atoms with E-state index in [0.717, 1.165) is 29.5 Å². The molecule has 0 N–H and O–H groups in total. The van der Waals surface area contributed by atoms with Gasteiger partial charge in [-0.15, -0.1) is 0 Å². The summed E-state index contributed by atoms with van der Waals surface area (Å²) in [7, 11) is 1.41.